The number of rotatable bonds is 2. The van der Waals surface area contributed by atoms with Crippen LogP contribution in [0.5, 0.6) is 0 Å². The molecular formula is C9H10N2O2S. The van der Waals surface area contributed by atoms with Crippen LogP contribution in [0.3, 0.4) is 0 Å². The highest BCUT2D eigenvalue weighted by Gasteiger charge is 2.23. The topological polar surface area (TPSA) is 50.3 Å². The van der Waals surface area contributed by atoms with Crippen LogP contribution < -0.4 is 0 Å². The number of amides is 1. The fourth-order valence-corrected chi connectivity index (χ4v) is 2.04. The zero-order chi connectivity index (χ0) is 9.97. The van der Waals surface area contributed by atoms with E-state index >= 15 is 0 Å². The number of carbonyl (C=O) groups is 2. The van der Waals surface area contributed by atoms with E-state index < -0.39 is 0 Å². The SMILES string of the molecule is O=C1CCN(Cc2cncs2)C(=O)C1. The molecule has 0 atom stereocenters. The molecule has 74 valence electrons. The molecule has 0 radical (unpaired) electrons. The normalized spacial score (nSPS) is 17.6. The van der Waals surface area contributed by atoms with Gasteiger partial charge in [-0.2, -0.15) is 0 Å². The Labute approximate surface area is 85.6 Å². The summed E-state index contributed by atoms with van der Waals surface area (Å²) in [5.41, 5.74) is 1.74. The van der Waals surface area contributed by atoms with Gasteiger partial charge in [0.1, 0.15) is 5.78 Å². The van der Waals surface area contributed by atoms with Gasteiger partial charge in [-0.05, 0) is 0 Å². The summed E-state index contributed by atoms with van der Waals surface area (Å²) >= 11 is 1.53. The van der Waals surface area contributed by atoms with Crippen molar-refractivity contribution in [3.63, 3.8) is 0 Å². The molecule has 0 unspecified atom stereocenters. The monoisotopic (exact) mass is 210 g/mol. The number of piperidine rings is 1. The molecule has 14 heavy (non-hydrogen) atoms. The molecule has 1 aromatic heterocycles. The summed E-state index contributed by atoms with van der Waals surface area (Å²) < 4.78 is 0. The molecule has 4 nitrogen and oxygen atoms in total. The van der Waals surface area contributed by atoms with Crippen molar-refractivity contribution < 1.29 is 9.59 Å². The molecule has 0 aromatic carbocycles. The van der Waals surface area contributed by atoms with Gasteiger partial charge in [-0.15, -0.1) is 11.3 Å². The highest BCUT2D eigenvalue weighted by Crippen LogP contribution is 2.14. The molecule has 0 spiro atoms. The fraction of sp³-hybridized carbons (Fsp3) is 0.444. The second-order valence-electron chi connectivity index (χ2n) is 3.25. The highest BCUT2D eigenvalue weighted by molar-refractivity contribution is 7.09. The van der Waals surface area contributed by atoms with Crippen LogP contribution in [0.4, 0.5) is 0 Å². The van der Waals surface area contributed by atoms with Gasteiger partial charge < -0.3 is 4.90 Å². The average molecular weight is 210 g/mol. The Morgan fingerprint density at radius 3 is 3.00 bits per heavy atom. The number of thiazole rings is 1. The number of hydrogen-bond acceptors (Lipinski definition) is 4. The van der Waals surface area contributed by atoms with Gasteiger partial charge in [0.2, 0.25) is 5.91 Å². The standard InChI is InChI=1S/C9H10N2O2S/c12-7-1-2-11(9(13)3-7)5-8-4-10-6-14-8/h4,6H,1-3,5H2. The summed E-state index contributed by atoms with van der Waals surface area (Å²) in [6.07, 6.45) is 2.32. The third-order valence-electron chi connectivity index (χ3n) is 2.19. The fourth-order valence-electron chi connectivity index (χ4n) is 1.43. The molecule has 1 amide bonds. The van der Waals surface area contributed by atoms with Gasteiger partial charge in [0.25, 0.3) is 0 Å². The smallest absolute Gasteiger partial charge is 0.230 e. The Balaban J connectivity index is 1.99. The van der Waals surface area contributed by atoms with Gasteiger partial charge in [-0.25, -0.2) is 0 Å². The van der Waals surface area contributed by atoms with Crippen molar-refractivity contribution in [1.82, 2.24) is 9.88 Å². The number of nitrogens with zero attached hydrogens (tertiary/aromatic N) is 2. The van der Waals surface area contributed by atoms with Crippen LogP contribution in [0.2, 0.25) is 0 Å². The molecule has 2 rings (SSSR count). The van der Waals surface area contributed by atoms with E-state index in [0.717, 1.165) is 4.88 Å². The maximum absolute atomic E-state index is 11.4. The largest absolute Gasteiger partial charge is 0.337 e. The summed E-state index contributed by atoms with van der Waals surface area (Å²) in [6, 6.07) is 0. The third kappa shape index (κ3) is 1.98. The van der Waals surface area contributed by atoms with Crippen molar-refractivity contribution in [2.45, 2.75) is 19.4 Å². The van der Waals surface area contributed by atoms with E-state index in [1.165, 1.54) is 11.3 Å². The molecule has 1 saturated heterocycles. The van der Waals surface area contributed by atoms with Gasteiger partial charge in [-0.1, -0.05) is 0 Å². The number of hydrogen-bond donors (Lipinski definition) is 0. The first kappa shape index (κ1) is 9.33. The number of ketones is 1. The highest BCUT2D eigenvalue weighted by atomic mass is 32.1. The lowest BCUT2D eigenvalue weighted by atomic mass is 10.1. The van der Waals surface area contributed by atoms with Crippen molar-refractivity contribution in [2.75, 3.05) is 6.54 Å². The minimum atomic E-state index is -0.0605. The molecule has 0 bridgehead atoms. The number of aromatic nitrogens is 1. The van der Waals surface area contributed by atoms with E-state index in [2.05, 4.69) is 4.98 Å². The lowest BCUT2D eigenvalue weighted by Gasteiger charge is -2.25. The molecule has 5 heteroatoms. The summed E-state index contributed by atoms with van der Waals surface area (Å²) in [6.45, 7) is 1.15. The van der Waals surface area contributed by atoms with E-state index in [0.29, 0.717) is 19.5 Å². The van der Waals surface area contributed by atoms with Crippen molar-refractivity contribution >= 4 is 23.0 Å². The van der Waals surface area contributed by atoms with Gasteiger partial charge >= 0.3 is 0 Å². The van der Waals surface area contributed by atoms with Crippen LogP contribution in [-0.4, -0.2) is 28.1 Å². The molecule has 0 aliphatic carbocycles. The summed E-state index contributed by atoms with van der Waals surface area (Å²) in [4.78, 5) is 29.1. The minimum Gasteiger partial charge on any atom is -0.337 e. The van der Waals surface area contributed by atoms with E-state index in [4.69, 9.17) is 0 Å². The molecule has 0 saturated carbocycles. The zero-order valence-corrected chi connectivity index (χ0v) is 8.42. The van der Waals surface area contributed by atoms with E-state index in [-0.39, 0.29) is 18.1 Å². The predicted octanol–water partition coefficient (Wildman–Crippen LogP) is 0.835. The van der Waals surface area contributed by atoms with Crippen LogP contribution >= 0.6 is 11.3 Å². The lowest BCUT2D eigenvalue weighted by molar-refractivity contribution is -0.139. The Bertz CT molecular complexity index is 348. The average Bonchev–Trinajstić information content (AvgIpc) is 2.62. The second-order valence-corrected chi connectivity index (χ2v) is 4.22. The summed E-state index contributed by atoms with van der Waals surface area (Å²) in [5, 5.41) is 0. The number of likely N-dealkylation sites (tertiary alicyclic amines) is 1. The molecule has 1 aliphatic heterocycles. The van der Waals surface area contributed by atoms with E-state index in [1.807, 2.05) is 0 Å². The number of Topliss-reactive ketones (excluding diaryl/α,β-unsaturated/α-hetero) is 1. The van der Waals surface area contributed by atoms with Crippen LogP contribution in [0.15, 0.2) is 11.7 Å². The van der Waals surface area contributed by atoms with Crippen LogP contribution in [-0.2, 0) is 16.1 Å². The number of carbonyl (C=O) groups excluding carboxylic acids is 2. The summed E-state index contributed by atoms with van der Waals surface area (Å²) in [7, 11) is 0. The quantitative estimate of drug-likeness (QED) is 0.679. The Hall–Kier alpha value is -1.23. The van der Waals surface area contributed by atoms with Gasteiger partial charge in [0.05, 0.1) is 18.5 Å². The first-order valence-corrected chi connectivity index (χ1v) is 5.30. The molecule has 1 aliphatic rings. The minimum absolute atomic E-state index is 0.0514. The van der Waals surface area contributed by atoms with Gasteiger partial charge in [0.15, 0.2) is 0 Å². The second kappa shape index (κ2) is 3.88. The molecule has 0 N–H and O–H groups in total. The zero-order valence-electron chi connectivity index (χ0n) is 7.60. The van der Waals surface area contributed by atoms with Crippen molar-refractivity contribution in [2.24, 2.45) is 0 Å². The Morgan fingerprint density at radius 2 is 2.36 bits per heavy atom. The third-order valence-corrected chi connectivity index (χ3v) is 2.96. The van der Waals surface area contributed by atoms with Crippen molar-refractivity contribution in [3.8, 4) is 0 Å². The van der Waals surface area contributed by atoms with Gasteiger partial charge in [-0.3, -0.25) is 14.6 Å². The summed E-state index contributed by atoms with van der Waals surface area (Å²) in [5.74, 6) is -0.00907. The van der Waals surface area contributed by atoms with Crippen LogP contribution in [0, 0.1) is 0 Å². The van der Waals surface area contributed by atoms with Gasteiger partial charge in [0, 0.05) is 24.0 Å². The molecule has 2 heterocycles. The maximum atomic E-state index is 11.4. The van der Waals surface area contributed by atoms with Crippen LogP contribution in [0.25, 0.3) is 0 Å². The van der Waals surface area contributed by atoms with E-state index in [9.17, 15) is 9.59 Å². The van der Waals surface area contributed by atoms with Crippen LogP contribution in [0.1, 0.15) is 17.7 Å². The first-order chi connectivity index (χ1) is 6.75. The maximum Gasteiger partial charge on any atom is 0.230 e. The van der Waals surface area contributed by atoms with Crippen molar-refractivity contribution in [1.29, 1.82) is 0 Å². The first-order valence-electron chi connectivity index (χ1n) is 4.42. The van der Waals surface area contributed by atoms with E-state index in [1.54, 1.807) is 16.6 Å². The predicted molar refractivity (Wildman–Crippen MR) is 51.8 cm³/mol. The lowest BCUT2D eigenvalue weighted by Crippen LogP contribution is -2.38. The molecule has 1 fully saturated rings. The molecule has 1 aromatic rings. The Morgan fingerprint density at radius 1 is 1.50 bits per heavy atom. The molecular weight excluding hydrogens is 200 g/mol. The van der Waals surface area contributed by atoms with Crippen molar-refractivity contribution in [3.05, 3.63) is 16.6 Å². The Kier molecular flexibility index (Phi) is 2.58.